The summed E-state index contributed by atoms with van der Waals surface area (Å²) in [5, 5.41) is 3.69. The van der Waals surface area contributed by atoms with Crippen LogP contribution in [-0.2, 0) is 0 Å². The lowest BCUT2D eigenvalue weighted by atomic mass is 9.92. The molecule has 0 amide bonds. The second kappa shape index (κ2) is 6.55. The molecule has 0 aromatic carbocycles. The fourth-order valence-corrected chi connectivity index (χ4v) is 3.36. The van der Waals surface area contributed by atoms with Crippen LogP contribution in [0.2, 0.25) is 0 Å². The van der Waals surface area contributed by atoms with Crippen molar-refractivity contribution in [2.24, 2.45) is 5.41 Å². The summed E-state index contributed by atoms with van der Waals surface area (Å²) in [6.45, 7) is 16.8. The minimum atomic E-state index is 0.404. The molecule has 1 aliphatic carbocycles. The third-order valence-electron chi connectivity index (χ3n) is 4.67. The molecular formula is C16H33N3. The fraction of sp³-hybridized carbons (Fsp3) is 1.00. The van der Waals surface area contributed by atoms with Crippen molar-refractivity contribution in [2.45, 2.75) is 59.0 Å². The van der Waals surface area contributed by atoms with E-state index in [0.717, 1.165) is 12.1 Å². The molecular weight excluding hydrogens is 234 g/mol. The first-order valence-corrected chi connectivity index (χ1v) is 8.24. The minimum absolute atomic E-state index is 0.404. The molecule has 2 rings (SSSR count). The summed E-state index contributed by atoms with van der Waals surface area (Å²) in [6, 6.07) is 1.63. The molecule has 1 aliphatic heterocycles. The maximum Gasteiger partial charge on any atom is 0.0235 e. The molecule has 0 aromatic heterocycles. The third kappa shape index (κ3) is 4.73. The highest BCUT2D eigenvalue weighted by molar-refractivity contribution is 4.88. The highest BCUT2D eigenvalue weighted by Gasteiger charge is 2.31. The summed E-state index contributed by atoms with van der Waals surface area (Å²) in [5.41, 5.74) is 0.404. The molecule has 112 valence electrons. The van der Waals surface area contributed by atoms with Crippen LogP contribution in [0.3, 0.4) is 0 Å². The second-order valence-electron chi connectivity index (χ2n) is 7.22. The molecule has 1 heterocycles. The summed E-state index contributed by atoms with van der Waals surface area (Å²) in [4.78, 5) is 5.30. The molecule has 1 saturated carbocycles. The predicted molar refractivity (Wildman–Crippen MR) is 82.6 cm³/mol. The second-order valence-corrected chi connectivity index (χ2v) is 7.22. The van der Waals surface area contributed by atoms with Crippen molar-refractivity contribution in [3.63, 3.8) is 0 Å². The van der Waals surface area contributed by atoms with Crippen LogP contribution in [0.15, 0.2) is 0 Å². The zero-order chi connectivity index (χ0) is 13.9. The molecule has 2 fully saturated rings. The van der Waals surface area contributed by atoms with Gasteiger partial charge in [-0.2, -0.15) is 0 Å². The summed E-state index contributed by atoms with van der Waals surface area (Å²) < 4.78 is 0. The monoisotopic (exact) mass is 267 g/mol. The van der Waals surface area contributed by atoms with Crippen molar-refractivity contribution >= 4 is 0 Å². The Labute approximate surface area is 119 Å². The smallest absolute Gasteiger partial charge is 0.0235 e. The maximum atomic E-state index is 3.69. The van der Waals surface area contributed by atoms with Crippen LogP contribution in [0.1, 0.15) is 47.0 Å². The summed E-state index contributed by atoms with van der Waals surface area (Å²) >= 11 is 0. The van der Waals surface area contributed by atoms with E-state index in [1.165, 1.54) is 58.5 Å². The van der Waals surface area contributed by atoms with Gasteiger partial charge in [0.05, 0.1) is 0 Å². The Balaban J connectivity index is 1.73. The first kappa shape index (κ1) is 15.3. The molecule has 0 radical (unpaired) electrons. The Morgan fingerprint density at radius 2 is 1.84 bits per heavy atom. The molecule has 1 saturated heterocycles. The van der Waals surface area contributed by atoms with Crippen molar-refractivity contribution in [3.8, 4) is 0 Å². The topological polar surface area (TPSA) is 18.5 Å². The molecule has 2 aliphatic rings. The van der Waals surface area contributed by atoms with Gasteiger partial charge in [0.15, 0.2) is 0 Å². The van der Waals surface area contributed by atoms with Crippen LogP contribution in [0.4, 0.5) is 0 Å². The van der Waals surface area contributed by atoms with Gasteiger partial charge in [-0.25, -0.2) is 0 Å². The van der Waals surface area contributed by atoms with E-state index in [9.17, 15) is 0 Å². The van der Waals surface area contributed by atoms with Gasteiger partial charge in [0.2, 0.25) is 0 Å². The number of nitrogens with zero attached hydrogens (tertiary/aromatic N) is 2. The zero-order valence-electron chi connectivity index (χ0n) is 13.4. The molecule has 1 atom stereocenters. The highest BCUT2D eigenvalue weighted by atomic mass is 15.3. The Morgan fingerprint density at radius 3 is 2.42 bits per heavy atom. The normalized spacial score (nSPS) is 25.4. The van der Waals surface area contributed by atoms with Crippen LogP contribution in [-0.4, -0.2) is 61.2 Å². The Bertz CT molecular complexity index is 269. The van der Waals surface area contributed by atoms with E-state index in [-0.39, 0.29) is 0 Å². The SMILES string of the molecule is CCN(CC)C1CCN(CC(C)(C)CNC2CC2)C1. The van der Waals surface area contributed by atoms with Crippen molar-refractivity contribution in [1.82, 2.24) is 15.1 Å². The molecule has 1 unspecified atom stereocenters. The van der Waals surface area contributed by atoms with Gasteiger partial charge < -0.3 is 10.2 Å². The molecule has 19 heavy (non-hydrogen) atoms. The Morgan fingerprint density at radius 1 is 1.16 bits per heavy atom. The lowest BCUT2D eigenvalue weighted by molar-refractivity contribution is 0.174. The summed E-state index contributed by atoms with van der Waals surface area (Å²) in [7, 11) is 0. The van der Waals surface area contributed by atoms with Crippen LogP contribution >= 0.6 is 0 Å². The van der Waals surface area contributed by atoms with Gasteiger partial charge in [-0.05, 0) is 44.3 Å². The van der Waals surface area contributed by atoms with Crippen LogP contribution in [0.5, 0.6) is 0 Å². The number of likely N-dealkylation sites (tertiary alicyclic amines) is 1. The van der Waals surface area contributed by atoms with Gasteiger partial charge in [-0.1, -0.05) is 27.7 Å². The number of likely N-dealkylation sites (N-methyl/N-ethyl adjacent to an activating group) is 1. The lowest BCUT2D eigenvalue weighted by Crippen LogP contribution is -2.42. The van der Waals surface area contributed by atoms with Gasteiger partial charge in [-0.3, -0.25) is 4.90 Å². The van der Waals surface area contributed by atoms with Crippen molar-refractivity contribution < 1.29 is 0 Å². The fourth-order valence-electron chi connectivity index (χ4n) is 3.36. The van der Waals surface area contributed by atoms with E-state index >= 15 is 0 Å². The first-order chi connectivity index (χ1) is 9.04. The molecule has 3 heteroatoms. The molecule has 0 bridgehead atoms. The van der Waals surface area contributed by atoms with Crippen LogP contribution in [0.25, 0.3) is 0 Å². The van der Waals surface area contributed by atoms with E-state index in [4.69, 9.17) is 0 Å². The van der Waals surface area contributed by atoms with E-state index in [1.807, 2.05) is 0 Å². The van der Waals surface area contributed by atoms with Gasteiger partial charge in [0, 0.05) is 31.7 Å². The quantitative estimate of drug-likeness (QED) is 0.727. The van der Waals surface area contributed by atoms with Crippen molar-refractivity contribution in [1.29, 1.82) is 0 Å². The largest absolute Gasteiger partial charge is 0.313 e. The minimum Gasteiger partial charge on any atom is -0.313 e. The van der Waals surface area contributed by atoms with Gasteiger partial charge in [0.1, 0.15) is 0 Å². The van der Waals surface area contributed by atoms with Gasteiger partial charge in [-0.15, -0.1) is 0 Å². The average molecular weight is 267 g/mol. The van der Waals surface area contributed by atoms with Crippen molar-refractivity contribution in [3.05, 3.63) is 0 Å². The maximum absolute atomic E-state index is 3.69. The number of nitrogens with one attached hydrogen (secondary N) is 1. The highest BCUT2D eigenvalue weighted by Crippen LogP contribution is 2.24. The van der Waals surface area contributed by atoms with E-state index in [2.05, 4.69) is 42.8 Å². The summed E-state index contributed by atoms with van der Waals surface area (Å²) in [6.07, 6.45) is 4.14. The Hall–Kier alpha value is -0.120. The van der Waals surface area contributed by atoms with E-state index in [1.54, 1.807) is 0 Å². The molecule has 3 nitrogen and oxygen atoms in total. The van der Waals surface area contributed by atoms with E-state index in [0.29, 0.717) is 5.41 Å². The molecule has 0 aromatic rings. The standard InChI is InChI=1S/C16H33N3/c1-5-19(6-2)15-9-10-18(11-15)13-16(3,4)12-17-14-7-8-14/h14-15,17H,5-13H2,1-4H3. The Kier molecular flexibility index (Phi) is 5.27. The zero-order valence-corrected chi connectivity index (χ0v) is 13.4. The van der Waals surface area contributed by atoms with E-state index < -0.39 is 0 Å². The van der Waals surface area contributed by atoms with Crippen LogP contribution < -0.4 is 5.32 Å². The number of hydrogen-bond acceptors (Lipinski definition) is 3. The molecule has 1 N–H and O–H groups in total. The van der Waals surface area contributed by atoms with Gasteiger partial charge in [0.25, 0.3) is 0 Å². The predicted octanol–water partition coefficient (Wildman–Crippen LogP) is 2.18. The third-order valence-corrected chi connectivity index (χ3v) is 4.67. The van der Waals surface area contributed by atoms with Crippen molar-refractivity contribution in [2.75, 3.05) is 39.3 Å². The van der Waals surface area contributed by atoms with Crippen LogP contribution in [0, 0.1) is 5.41 Å². The lowest BCUT2D eigenvalue weighted by Gasteiger charge is -2.32. The number of rotatable bonds is 8. The average Bonchev–Trinajstić information content (AvgIpc) is 3.10. The number of hydrogen-bond donors (Lipinski definition) is 1. The first-order valence-electron chi connectivity index (χ1n) is 8.24. The molecule has 0 spiro atoms. The summed E-state index contributed by atoms with van der Waals surface area (Å²) in [5.74, 6) is 0. The van der Waals surface area contributed by atoms with Gasteiger partial charge >= 0.3 is 0 Å².